The van der Waals surface area contributed by atoms with Crippen LogP contribution in [0.25, 0.3) is 0 Å². The largest absolute Gasteiger partial charge is 0.496 e. The van der Waals surface area contributed by atoms with Crippen LogP contribution in [0.3, 0.4) is 0 Å². The maximum Gasteiger partial charge on any atom is 0.314 e. The quantitative estimate of drug-likeness (QED) is 0.585. The molecular weight excluding hydrogens is 250 g/mol. The van der Waals surface area contributed by atoms with Gasteiger partial charge in [-0.2, -0.15) is 0 Å². The monoisotopic (exact) mass is 267 g/mol. The van der Waals surface area contributed by atoms with Crippen LogP contribution in [0.15, 0.2) is 18.2 Å². The van der Waals surface area contributed by atoms with E-state index < -0.39 is 4.92 Å². The lowest BCUT2D eigenvalue weighted by Gasteiger charge is -2.11. The standard InChI is InChI=1S/C13H17NO5/c1-17-11-4-5-13(12(9-11)14(15)16)19-8-6-10-3-2-7-18-10/h4-5,9-10H,2-3,6-8H2,1H3/t10-/m0/s1. The lowest BCUT2D eigenvalue weighted by Crippen LogP contribution is -2.11. The number of benzene rings is 1. The van der Waals surface area contributed by atoms with Gasteiger partial charge in [-0.05, 0) is 25.0 Å². The molecule has 1 aliphatic rings. The molecule has 6 heteroatoms. The first-order valence-corrected chi connectivity index (χ1v) is 6.27. The molecule has 1 saturated heterocycles. The minimum absolute atomic E-state index is 0.0771. The molecule has 1 fully saturated rings. The number of rotatable bonds is 6. The number of nitro benzene ring substituents is 1. The molecule has 19 heavy (non-hydrogen) atoms. The van der Waals surface area contributed by atoms with Gasteiger partial charge in [-0.3, -0.25) is 10.1 Å². The molecule has 0 saturated carbocycles. The second-order valence-corrected chi connectivity index (χ2v) is 4.36. The van der Waals surface area contributed by atoms with Crippen LogP contribution in [0.5, 0.6) is 11.5 Å². The molecule has 0 unspecified atom stereocenters. The van der Waals surface area contributed by atoms with Crippen molar-refractivity contribution in [1.82, 2.24) is 0 Å². The summed E-state index contributed by atoms with van der Waals surface area (Å²) in [4.78, 5) is 10.5. The highest BCUT2D eigenvalue weighted by Crippen LogP contribution is 2.31. The van der Waals surface area contributed by atoms with Crippen LogP contribution in [0.4, 0.5) is 5.69 Å². The Morgan fingerprint density at radius 1 is 1.53 bits per heavy atom. The number of nitro groups is 1. The van der Waals surface area contributed by atoms with Crippen LogP contribution in [0.2, 0.25) is 0 Å². The molecule has 2 rings (SSSR count). The van der Waals surface area contributed by atoms with E-state index in [0.717, 1.165) is 25.9 Å². The Kier molecular flexibility index (Phi) is 4.57. The fourth-order valence-corrected chi connectivity index (χ4v) is 2.06. The Hall–Kier alpha value is -1.82. The zero-order chi connectivity index (χ0) is 13.7. The Balaban J connectivity index is 1.96. The van der Waals surface area contributed by atoms with Gasteiger partial charge in [0.15, 0.2) is 5.75 Å². The van der Waals surface area contributed by atoms with Gasteiger partial charge in [0.1, 0.15) is 5.75 Å². The smallest absolute Gasteiger partial charge is 0.314 e. The highest BCUT2D eigenvalue weighted by atomic mass is 16.6. The van der Waals surface area contributed by atoms with E-state index in [9.17, 15) is 10.1 Å². The van der Waals surface area contributed by atoms with Crippen LogP contribution in [0, 0.1) is 10.1 Å². The maximum atomic E-state index is 11.0. The van der Waals surface area contributed by atoms with Gasteiger partial charge >= 0.3 is 5.69 Å². The summed E-state index contributed by atoms with van der Waals surface area (Å²) < 4.78 is 15.9. The number of hydrogen-bond acceptors (Lipinski definition) is 5. The third-order valence-corrected chi connectivity index (χ3v) is 3.08. The second-order valence-electron chi connectivity index (χ2n) is 4.36. The summed E-state index contributed by atoms with van der Waals surface area (Å²) in [6.07, 6.45) is 3.09. The van der Waals surface area contributed by atoms with Crippen molar-refractivity contribution in [2.45, 2.75) is 25.4 Å². The van der Waals surface area contributed by atoms with E-state index in [-0.39, 0.29) is 17.5 Å². The summed E-state index contributed by atoms with van der Waals surface area (Å²) in [7, 11) is 1.47. The molecule has 1 atom stereocenters. The topological polar surface area (TPSA) is 70.8 Å². The molecule has 6 nitrogen and oxygen atoms in total. The first-order chi connectivity index (χ1) is 9.20. The molecule has 1 heterocycles. The van der Waals surface area contributed by atoms with Crippen LogP contribution >= 0.6 is 0 Å². The zero-order valence-corrected chi connectivity index (χ0v) is 10.8. The molecule has 1 aliphatic heterocycles. The summed E-state index contributed by atoms with van der Waals surface area (Å²) >= 11 is 0. The zero-order valence-electron chi connectivity index (χ0n) is 10.8. The van der Waals surface area contributed by atoms with Crippen LogP contribution in [-0.2, 0) is 4.74 Å². The predicted molar refractivity (Wildman–Crippen MR) is 68.7 cm³/mol. The first kappa shape index (κ1) is 13.6. The van der Waals surface area contributed by atoms with E-state index in [1.165, 1.54) is 13.2 Å². The van der Waals surface area contributed by atoms with E-state index in [4.69, 9.17) is 14.2 Å². The van der Waals surface area contributed by atoms with Gasteiger partial charge in [0, 0.05) is 13.0 Å². The van der Waals surface area contributed by atoms with Gasteiger partial charge in [0.25, 0.3) is 0 Å². The van der Waals surface area contributed by atoms with Crippen molar-refractivity contribution in [3.05, 3.63) is 28.3 Å². The lowest BCUT2D eigenvalue weighted by molar-refractivity contribution is -0.386. The Morgan fingerprint density at radius 2 is 2.37 bits per heavy atom. The van der Waals surface area contributed by atoms with Crippen LogP contribution in [0.1, 0.15) is 19.3 Å². The van der Waals surface area contributed by atoms with Crippen molar-refractivity contribution < 1.29 is 19.1 Å². The van der Waals surface area contributed by atoms with Gasteiger partial charge in [-0.15, -0.1) is 0 Å². The minimum atomic E-state index is -0.468. The van der Waals surface area contributed by atoms with Crippen LogP contribution < -0.4 is 9.47 Å². The van der Waals surface area contributed by atoms with Crippen molar-refractivity contribution in [3.63, 3.8) is 0 Å². The van der Waals surface area contributed by atoms with Crippen molar-refractivity contribution in [3.8, 4) is 11.5 Å². The van der Waals surface area contributed by atoms with Gasteiger partial charge < -0.3 is 14.2 Å². The summed E-state index contributed by atoms with van der Waals surface area (Å²) in [6, 6.07) is 4.57. The molecule has 0 spiro atoms. The number of ether oxygens (including phenoxy) is 3. The maximum absolute atomic E-state index is 11.0. The molecule has 0 amide bonds. The van der Waals surface area contributed by atoms with Gasteiger partial charge in [0.2, 0.25) is 0 Å². The minimum Gasteiger partial charge on any atom is -0.496 e. The molecule has 1 aromatic rings. The Morgan fingerprint density at radius 3 is 3.00 bits per heavy atom. The molecule has 0 aromatic heterocycles. The summed E-state index contributed by atoms with van der Waals surface area (Å²) in [5.41, 5.74) is -0.0771. The molecule has 0 N–H and O–H groups in total. The molecule has 0 radical (unpaired) electrons. The third-order valence-electron chi connectivity index (χ3n) is 3.08. The van der Waals surface area contributed by atoms with Gasteiger partial charge in [-0.25, -0.2) is 0 Å². The average molecular weight is 267 g/mol. The van der Waals surface area contributed by atoms with E-state index in [2.05, 4.69) is 0 Å². The lowest BCUT2D eigenvalue weighted by atomic mass is 10.2. The normalized spacial score (nSPS) is 18.3. The second kappa shape index (κ2) is 6.38. The van der Waals surface area contributed by atoms with E-state index in [1.54, 1.807) is 12.1 Å². The van der Waals surface area contributed by atoms with E-state index in [0.29, 0.717) is 12.4 Å². The van der Waals surface area contributed by atoms with Crippen molar-refractivity contribution >= 4 is 5.69 Å². The predicted octanol–water partition coefficient (Wildman–Crippen LogP) is 2.55. The molecule has 0 bridgehead atoms. The SMILES string of the molecule is COc1ccc(OCC[C@@H]2CCCO2)c([N+](=O)[O-])c1. The fourth-order valence-electron chi connectivity index (χ4n) is 2.06. The van der Waals surface area contributed by atoms with Crippen molar-refractivity contribution in [1.29, 1.82) is 0 Å². The van der Waals surface area contributed by atoms with Crippen molar-refractivity contribution in [2.75, 3.05) is 20.3 Å². The average Bonchev–Trinajstić information content (AvgIpc) is 2.92. The summed E-state index contributed by atoms with van der Waals surface area (Å²) in [5.74, 6) is 0.710. The van der Waals surface area contributed by atoms with Gasteiger partial charge in [0.05, 0.1) is 30.8 Å². The van der Waals surface area contributed by atoms with E-state index >= 15 is 0 Å². The van der Waals surface area contributed by atoms with Crippen molar-refractivity contribution in [2.24, 2.45) is 0 Å². The fraction of sp³-hybridized carbons (Fsp3) is 0.538. The molecule has 104 valence electrons. The number of nitrogens with zero attached hydrogens (tertiary/aromatic N) is 1. The highest BCUT2D eigenvalue weighted by Gasteiger charge is 2.18. The molecule has 1 aromatic carbocycles. The number of methoxy groups -OCH3 is 1. The Labute approximate surface area is 111 Å². The van der Waals surface area contributed by atoms with Crippen LogP contribution in [-0.4, -0.2) is 31.4 Å². The summed E-state index contributed by atoms with van der Waals surface area (Å²) in [5, 5.41) is 11.0. The molecular formula is C13H17NO5. The Bertz CT molecular complexity index is 443. The number of hydrogen-bond donors (Lipinski definition) is 0. The van der Waals surface area contributed by atoms with E-state index in [1.807, 2.05) is 0 Å². The summed E-state index contributed by atoms with van der Waals surface area (Å²) in [6.45, 7) is 1.21. The third kappa shape index (κ3) is 3.57. The highest BCUT2D eigenvalue weighted by molar-refractivity contribution is 5.50. The first-order valence-electron chi connectivity index (χ1n) is 6.27. The molecule has 0 aliphatic carbocycles. The van der Waals surface area contributed by atoms with Gasteiger partial charge in [-0.1, -0.05) is 0 Å².